The van der Waals surface area contributed by atoms with E-state index in [1.165, 1.54) is 0 Å². The van der Waals surface area contributed by atoms with Crippen molar-refractivity contribution in [1.82, 2.24) is 0 Å². The first-order valence-electron chi connectivity index (χ1n) is 37.4. The number of hydrogen-bond donors (Lipinski definition) is 0. The van der Waals surface area contributed by atoms with Crippen LogP contribution in [0.2, 0.25) is 0 Å². The van der Waals surface area contributed by atoms with Crippen molar-refractivity contribution in [2.24, 2.45) is 94.7 Å². The van der Waals surface area contributed by atoms with Gasteiger partial charge in [0, 0.05) is 73.0 Å². The average Bonchev–Trinajstić information content (AvgIpc) is 0.842. The topological polar surface area (TPSA) is 197 Å². The molecule has 0 amide bonds. The lowest BCUT2D eigenvalue weighted by atomic mass is 9.57. The molecule has 8 bridgehead atoms. The molecule has 0 N–H and O–H groups in total. The highest BCUT2D eigenvalue weighted by Crippen LogP contribution is 2.69. The first-order chi connectivity index (χ1) is 46.5. The fourth-order valence-corrected chi connectivity index (χ4v) is 22.9. The molecule has 0 aromatic heterocycles. The molecule has 21 fully saturated rings. The van der Waals surface area contributed by atoms with Crippen molar-refractivity contribution in [1.29, 1.82) is 0 Å². The van der Waals surface area contributed by atoms with Gasteiger partial charge in [0.2, 0.25) is 23.1 Å². The molecule has 4 saturated carbocycles. The van der Waals surface area contributed by atoms with Crippen LogP contribution in [0.5, 0.6) is 0 Å². The molecule has 4 aliphatic carbocycles. The second kappa shape index (κ2) is 24.0. The lowest BCUT2D eigenvalue weighted by Gasteiger charge is -2.62. The minimum Gasteiger partial charge on any atom is -0.365 e. The van der Waals surface area contributed by atoms with E-state index in [0.717, 1.165) is 57.8 Å². The Hall–Kier alpha value is -1.52. The second-order valence-corrected chi connectivity index (χ2v) is 34.6. The van der Waals surface area contributed by atoms with Crippen molar-refractivity contribution in [2.45, 2.75) is 318 Å². The summed E-state index contributed by atoms with van der Waals surface area (Å²) in [5.74, 6) is -13.7. The molecule has 27 heteroatoms. The molecule has 34 atom stereocenters. The Kier molecular flexibility index (Phi) is 17.4. The summed E-state index contributed by atoms with van der Waals surface area (Å²) in [4.78, 5) is 48.0. The highest BCUT2D eigenvalue weighted by atomic mass is 19.4. The molecule has 0 aromatic rings. The van der Waals surface area contributed by atoms with Gasteiger partial charge in [0.05, 0.1) is 26.4 Å². The number of ether oxygens (including phenoxy) is 13. The molecule has 99 heavy (non-hydrogen) atoms. The van der Waals surface area contributed by atoms with E-state index in [1.54, 1.807) is 39.8 Å². The first kappa shape index (κ1) is 71.7. The number of fused-ring (bicyclic) bond motifs is 8. The van der Waals surface area contributed by atoms with Gasteiger partial charge in [-0.1, -0.05) is 67.5 Å². The number of rotatable bonds is 12. The second-order valence-electron chi connectivity index (χ2n) is 34.6. The Balaban J connectivity index is 0.000000154. The fraction of sp³-hybridized carbons (Fsp3) is 0.972. The largest absolute Gasteiger partial charge is 0.443 e. The molecule has 0 radical (unpaired) electrons. The number of halogens is 6. The first-order valence-corrected chi connectivity index (χ1v) is 37.4. The standard InChI is InChI=1S/C36H53F3O11.C36H53F3O10/c1-18-8-10-24-20(3)32(7,45-28-33(24)22(18)12-14-30(5,43-28)47-49-33)40-16-26-27(42-26)17-41-35(36(37,38)39)21(4)25-11-9-19(2)23-13-15-31(6)44-29(46-35)34(23,25)50-48-31;1-20-10-12-26-22(3)32(7,44-28-33(26)24(20)14-16-30(5,42-28)46-48-33)40-18-8-9-19-41-35(36(37,38)39)23(4)27-13-11-21(2)25-15-17-31(6)43-29(45-35)34(25,27)49-47-31/h18-29H,8-17H2,1-7H3;8-9,20-29H,10-19H2,1-7H3/b;9-8+/t18-,19-,20-,21-,22+,23+,24+,25+,26+,27?,28+,29+,30-,31+,32+,33-,34-,35-;20-,21-,22-,23-,24+,25+,26+,27+,28+,29+,30-,31+,32+,33-,34-,35-/m11/s1. The minimum absolute atomic E-state index is 0.0599. The normalized spacial score (nSPS) is 58.1. The van der Waals surface area contributed by atoms with Crippen LogP contribution in [-0.2, 0) is 101 Å². The molecular weight excluding hydrogens is 1310 g/mol. The molecule has 1 unspecified atom stereocenters. The van der Waals surface area contributed by atoms with E-state index in [4.69, 9.17) is 101 Å². The maximum absolute atomic E-state index is 15.3. The van der Waals surface area contributed by atoms with E-state index in [-0.39, 0.29) is 85.6 Å². The molecule has 21 aliphatic rings. The SMILES string of the molecule is C[C@@H]1CC[C@H]2[C@@H](C)[C@@](C)(OC/C=C/CO[C@@]3(C(F)(F)F)O[C@@H]4O[C@]5(C)CC[C@H]6[C@H](C)CC[C@@H]([C@H]3C)[C@@]46OO5)O[C@@H]3O[C@@]4(C)CC[C@@H]1[C@]32OO4.C[C@@H]1CC[C@H]2[C@@H](C)[C@@](C)(OC[C@@H]3OC3CO[C@@]3(C(F)(F)F)O[C@@H]4O[C@]5(C)CC[C@H]6[C@H](C)CC[C@@H]([C@H]3C)[C@@]46OO5)O[C@@H]3O[C@@]4(C)CC[C@@H]1[C@]32OO4. The van der Waals surface area contributed by atoms with Crippen LogP contribution in [0, 0.1) is 94.7 Å². The lowest BCUT2D eigenvalue weighted by Crippen LogP contribution is -2.76. The van der Waals surface area contributed by atoms with Crippen LogP contribution in [0.3, 0.4) is 0 Å². The number of hydrogen-bond acceptors (Lipinski definition) is 21. The van der Waals surface area contributed by atoms with Gasteiger partial charge in [0.25, 0.3) is 11.6 Å². The van der Waals surface area contributed by atoms with Crippen LogP contribution in [0.4, 0.5) is 26.3 Å². The van der Waals surface area contributed by atoms with E-state index in [0.29, 0.717) is 56.8 Å². The molecule has 17 aliphatic heterocycles. The summed E-state index contributed by atoms with van der Waals surface area (Å²) < 4.78 is 172. The Morgan fingerprint density at radius 2 is 0.616 bits per heavy atom. The van der Waals surface area contributed by atoms with Gasteiger partial charge in [-0.25, -0.2) is 39.1 Å². The molecule has 21 rings (SSSR count). The Labute approximate surface area is 576 Å². The van der Waals surface area contributed by atoms with Gasteiger partial charge >= 0.3 is 12.4 Å². The predicted octanol–water partition coefficient (Wildman–Crippen LogP) is 13.8. The number of epoxide rings is 1. The van der Waals surface area contributed by atoms with E-state index in [2.05, 4.69) is 41.5 Å². The van der Waals surface area contributed by atoms with Gasteiger partial charge in [-0.05, 0) is 166 Å². The summed E-state index contributed by atoms with van der Waals surface area (Å²) in [6.07, 6.45) is 0.756. The molecule has 17 heterocycles. The fourth-order valence-electron chi connectivity index (χ4n) is 22.9. The maximum Gasteiger partial charge on any atom is 0.443 e. The van der Waals surface area contributed by atoms with Crippen LogP contribution < -0.4 is 0 Å². The van der Waals surface area contributed by atoms with Gasteiger partial charge in [0.15, 0.2) is 59.1 Å². The summed E-state index contributed by atoms with van der Waals surface area (Å²) in [5.41, 5.74) is -3.72. The van der Waals surface area contributed by atoms with Crippen molar-refractivity contribution < 1.29 is 127 Å². The van der Waals surface area contributed by atoms with Crippen molar-refractivity contribution >= 4 is 0 Å². The monoisotopic (exact) mass is 1420 g/mol. The zero-order valence-electron chi connectivity index (χ0n) is 59.8. The van der Waals surface area contributed by atoms with Crippen LogP contribution in [0.15, 0.2) is 12.2 Å². The van der Waals surface area contributed by atoms with Crippen molar-refractivity contribution in [3.8, 4) is 0 Å². The third-order valence-electron chi connectivity index (χ3n) is 29.1. The number of alkyl halides is 6. The molecule has 0 aromatic carbocycles. The summed E-state index contributed by atoms with van der Waals surface area (Å²) >= 11 is 0. The molecule has 562 valence electrons. The van der Waals surface area contributed by atoms with Crippen LogP contribution in [-0.4, -0.2) is 145 Å². The lowest BCUT2D eigenvalue weighted by molar-refractivity contribution is -0.599. The van der Waals surface area contributed by atoms with Crippen LogP contribution in [0.1, 0.15) is 200 Å². The van der Waals surface area contributed by atoms with Crippen molar-refractivity contribution in [2.75, 3.05) is 26.4 Å². The zero-order chi connectivity index (χ0) is 70.1. The molecular formula is C72H106F6O21. The highest BCUT2D eigenvalue weighted by molar-refractivity contribution is 5.17. The molecule has 17 saturated heterocycles. The molecule has 21 nitrogen and oxygen atoms in total. The van der Waals surface area contributed by atoms with Gasteiger partial charge in [-0.2, -0.15) is 26.3 Å². The van der Waals surface area contributed by atoms with Crippen molar-refractivity contribution in [3.05, 3.63) is 12.2 Å². The maximum atomic E-state index is 15.3. The van der Waals surface area contributed by atoms with Gasteiger partial charge in [0.1, 0.15) is 12.2 Å². The Morgan fingerprint density at radius 3 is 0.960 bits per heavy atom. The summed E-state index contributed by atoms with van der Waals surface area (Å²) in [6, 6.07) is 0. The Morgan fingerprint density at radius 1 is 0.323 bits per heavy atom. The Bertz CT molecular complexity index is 3070. The van der Waals surface area contributed by atoms with E-state index in [9.17, 15) is 0 Å². The zero-order valence-corrected chi connectivity index (χ0v) is 59.8. The van der Waals surface area contributed by atoms with Crippen LogP contribution >= 0.6 is 0 Å². The third kappa shape index (κ3) is 10.6. The summed E-state index contributed by atoms with van der Waals surface area (Å²) in [5, 5.41) is 0. The van der Waals surface area contributed by atoms with Crippen molar-refractivity contribution in [3.63, 3.8) is 0 Å². The van der Waals surface area contributed by atoms with Gasteiger partial charge < -0.3 is 61.6 Å². The average molecular weight is 1420 g/mol. The third-order valence-corrected chi connectivity index (χ3v) is 29.1. The van der Waals surface area contributed by atoms with E-state index in [1.807, 2.05) is 27.7 Å². The summed E-state index contributed by atoms with van der Waals surface area (Å²) in [6.45, 7) is 26.6. The van der Waals surface area contributed by atoms with E-state index >= 15 is 26.3 Å². The predicted molar refractivity (Wildman–Crippen MR) is 328 cm³/mol. The minimum atomic E-state index is -4.85. The van der Waals surface area contributed by atoms with Gasteiger partial charge in [-0.15, -0.1) is 0 Å². The molecule has 4 spiro atoms. The smallest absolute Gasteiger partial charge is 0.365 e. The van der Waals surface area contributed by atoms with Crippen LogP contribution in [0.25, 0.3) is 0 Å². The van der Waals surface area contributed by atoms with E-state index < -0.39 is 142 Å². The van der Waals surface area contributed by atoms with Gasteiger partial charge in [-0.3, -0.25) is 0 Å². The highest BCUT2D eigenvalue weighted by Gasteiger charge is 2.81. The quantitative estimate of drug-likeness (QED) is 0.0773. The summed E-state index contributed by atoms with van der Waals surface area (Å²) in [7, 11) is 0.